The van der Waals surface area contributed by atoms with Crippen molar-refractivity contribution in [3.63, 3.8) is 0 Å². The van der Waals surface area contributed by atoms with Gasteiger partial charge in [0.1, 0.15) is 29.5 Å². The first kappa shape index (κ1) is 16.5. The third kappa shape index (κ3) is 2.60. The number of nitrogens with two attached hydrogens (primary N) is 1. The molecule has 0 fully saturated rings. The Morgan fingerprint density at radius 3 is 2.73 bits per heavy atom. The van der Waals surface area contributed by atoms with Crippen LogP contribution in [0.4, 0.5) is 11.5 Å². The summed E-state index contributed by atoms with van der Waals surface area (Å²) in [6.45, 7) is 9.87. The van der Waals surface area contributed by atoms with Crippen molar-refractivity contribution in [1.29, 1.82) is 0 Å². The fourth-order valence-corrected chi connectivity index (χ4v) is 3.46. The Balaban J connectivity index is 1.77. The number of para-hydroxylation sites is 1. The Morgan fingerprint density at radius 2 is 2.04 bits per heavy atom. The SMILES string of the molecule is [C-]#[N+]c1c(N)c2c(n1-c1ccc(Oc3ccccc3)c(Cl)c1)COC2C. The van der Waals surface area contributed by atoms with E-state index in [0.29, 0.717) is 34.6 Å². The number of anilines is 1. The summed E-state index contributed by atoms with van der Waals surface area (Å²) in [5.74, 6) is 1.64. The molecule has 4 rings (SSSR count). The highest BCUT2D eigenvalue weighted by Crippen LogP contribution is 2.45. The minimum absolute atomic E-state index is 0.122. The van der Waals surface area contributed by atoms with Crippen LogP contribution in [0, 0.1) is 6.57 Å². The highest BCUT2D eigenvalue weighted by atomic mass is 35.5. The van der Waals surface area contributed by atoms with E-state index in [1.165, 1.54) is 0 Å². The number of fused-ring (bicyclic) bond motifs is 1. The Labute approximate surface area is 156 Å². The number of benzene rings is 2. The first-order chi connectivity index (χ1) is 12.6. The molecule has 2 aromatic carbocycles. The van der Waals surface area contributed by atoms with Crippen LogP contribution >= 0.6 is 11.6 Å². The molecule has 0 radical (unpaired) electrons. The zero-order valence-electron chi connectivity index (χ0n) is 14.1. The summed E-state index contributed by atoms with van der Waals surface area (Å²) in [7, 11) is 0. The maximum absolute atomic E-state index is 7.52. The van der Waals surface area contributed by atoms with E-state index in [1.807, 2.05) is 47.9 Å². The van der Waals surface area contributed by atoms with E-state index in [1.54, 1.807) is 12.1 Å². The van der Waals surface area contributed by atoms with Crippen molar-refractivity contribution in [2.75, 3.05) is 5.73 Å². The van der Waals surface area contributed by atoms with Gasteiger partial charge in [-0.05, 0) is 31.2 Å². The molecule has 2 N–H and O–H groups in total. The van der Waals surface area contributed by atoms with Gasteiger partial charge in [0.25, 0.3) is 5.82 Å². The fourth-order valence-electron chi connectivity index (χ4n) is 3.24. The molecule has 6 heteroatoms. The van der Waals surface area contributed by atoms with Crippen molar-refractivity contribution in [2.24, 2.45) is 0 Å². The van der Waals surface area contributed by atoms with Crippen LogP contribution in [0.3, 0.4) is 0 Å². The van der Waals surface area contributed by atoms with E-state index in [4.69, 9.17) is 33.4 Å². The third-order valence-electron chi connectivity index (χ3n) is 4.45. The number of aromatic nitrogens is 1. The molecule has 3 aromatic rings. The van der Waals surface area contributed by atoms with E-state index >= 15 is 0 Å². The maximum Gasteiger partial charge on any atom is 0.258 e. The van der Waals surface area contributed by atoms with Gasteiger partial charge in [-0.25, -0.2) is 0 Å². The molecule has 1 atom stereocenters. The van der Waals surface area contributed by atoms with Gasteiger partial charge in [-0.3, -0.25) is 4.57 Å². The zero-order chi connectivity index (χ0) is 18.3. The Kier molecular flexibility index (Phi) is 4.08. The normalized spacial score (nSPS) is 15.5. The van der Waals surface area contributed by atoms with E-state index in [0.717, 1.165) is 16.9 Å². The summed E-state index contributed by atoms with van der Waals surface area (Å²) >= 11 is 6.43. The highest BCUT2D eigenvalue weighted by Gasteiger charge is 2.33. The van der Waals surface area contributed by atoms with Gasteiger partial charge in [0.15, 0.2) is 0 Å². The van der Waals surface area contributed by atoms with Crippen LogP contribution in [0.15, 0.2) is 48.5 Å². The Hall–Kier alpha value is -2.94. The maximum atomic E-state index is 7.52. The number of nitrogens with zero attached hydrogens (tertiary/aromatic N) is 2. The number of ether oxygens (including phenoxy) is 2. The first-order valence-electron chi connectivity index (χ1n) is 8.15. The largest absolute Gasteiger partial charge is 0.456 e. The van der Waals surface area contributed by atoms with Crippen molar-refractivity contribution in [1.82, 2.24) is 4.57 Å². The summed E-state index contributed by atoms with van der Waals surface area (Å²) in [5, 5.41) is 0.454. The number of hydrogen-bond donors (Lipinski definition) is 1. The lowest BCUT2D eigenvalue weighted by atomic mass is 10.1. The second-order valence-corrected chi connectivity index (χ2v) is 6.44. The smallest absolute Gasteiger partial charge is 0.258 e. The monoisotopic (exact) mass is 365 g/mol. The molecule has 0 saturated carbocycles. The number of nitrogen functional groups attached to an aromatic ring is 1. The van der Waals surface area contributed by atoms with Crippen molar-refractivity contribution in [3.8, 4) is 17.2 Å². The van der Waals surface area contributed by atoms with Crippen LogP contribution in [0.5, 0.6) is 11.5 Å². The summed E-state index contributed by atoms with van der Waals surface area (Å²) in [6.07, 6.45) is -0.122. The molecule has 0 bridgehead atoms. The van der Waals surface area contributed by atoms with Crippen LogP contribution in [-0.2, 0) is 11.3 Å². The van der Waals surface area contributed by atoms with Gasteiger partial charge in [0.05, 0.1) is 16.8 Å². The highest BCUT2D eigenvalue weighted by molar-refractivity contribution is 6.32. The fraction of sp³-hybridized carbons (Fsp3) is 0.150. The molecule has 130 valence electrons. The van der Waals surface area contributed by atoms with Crippen LogP contribution in [0.25, 0.3) is 10.5 Å². The topological polar surface area (TPSA) is 53.8 Å². The molecule has 0 spiro atoms. The summed E-state index contributed by atoms with van der Waals surface area (Å²) < 4.78 is 13.3. The molecule has 1 aliphatic heterocycles. The number of rotatable bonds is 3. The van der Waals surface area contributed by atoms with E-state index < -0.39 is 0 Å². The molecule has 0 amide bonds. The van der Waals surface area contributed by atoms with E-state index in [-0.39, 0.29) is 6.10 Å². The number of halogens is 1. The van der Waals surface area contributed by atoms with Gasteiger partial charge in [0.2, 0.25) is 0 Å². The molecular weight excluding hydrogens is 350 g/mol. The molecule has 5 nitrogen and oxygen atoms in total. The van der Waals surface area contributed by atoms with Crippen LogP contribution in [0.2, 0.25) is 5.02 Å². The van der Waals surface area contributed by atoms with Crippen molar-refractivity contribution < 1.29 is 9.47 Å². The Morgan fingerprint density at radius 1 is 1.27 bits per heavy atom. The standard InChI is InChI=1S/C20H16ClN3O2/c1-12-18-16(11-25-12)24(20(23-2)19(18)22)13-8-9-17(15(21)10-13)26-14-6-4-3-5-7-14/h3-10,12H,11,22H2,1H3. The molecule has 1 aliphatic rings. The van der Waals surface area contributed by atoms with Gasteiger partial charge in [0, 0.05) is 11.6 Å². The molecule has 0 saturated heterocycles. The summed E-state index contributed by atoms with van der Waals surface area (Å²) in [6, 6.07) is 14.9. The van der Waals surface area contributed by atoms with Gasteiger partial charge >= 0.3 is 0 Å². The average molecular weight is 366 g/mol. The lowest BCUT2D eigenvalue weighted by molar-refractivity contribution is 0.0779. The third-order valence-corrected chi connectivity index (χ3v) is 4.75. The van der Waals surface area contributed by atoms with Gasteiger partial charge in [-0.1, -0.05) is 36.4 Å². The quantitative estimate of drug-likeness (QED) is 0.610. The van der Waals surface area contributed by atoms with E-state index in [2.05, 4.69) is 4.85 Å². The molecule has 26 heavy (non-hydrogen) atoms. The van der Waals surface area contributed by atoms with Crippen LogP contribution in [-0.4, -0.2) is 4.57 Å². The lowest BCUT2D eigenvalue weighted by Gasteiger charge is -2.10. The predicted octanol–water partition coefficient (Wildman–Crippen LogP) is 5.65. The van der Waals surface area contributed by atoms with Crippen molar-refractivity contribution in [2.45, 2.75) is 19.6 Å². The lowest BCUT2D eigenvalue weighted by Crippen LogP contribution is -1.99. The molecular formula is C20H16ClN3O2. The minimum atomic E-state index is -0.122. The van der Waals surface area contributed by atoms with Gasteiger partial charge < -0.3 is 20.1 Å². The van der Waals surface area contributed by atoms with Crippen molar-refractivity contribution >= 4 is 23.1 Å². The second-order valence-electron chi connectivity index (χ2n) is 6.03. The van der Waals surface area contributed by atoms with E-state index in [9.17, 15) is 0 Å². The zero-order valence-corrected chi connectivity index (χ0v) is 14.8. The Bertz CT molecular complexity index is 1020. The first-order valence-corrected chi connectivity index (χ1v) is 8.52. The molecule has 1 aromatic heterocycles. The molecule has 2 heterocycles. The van der Waals surface area contributed by atoms with Gasteiger partial charge in [-0.2, -0.15) is 0 Å². The van der Waals surface area contributed by atoms with Crippen molar-refractivity contribution in [3.05, 3.63) is 76.2 Å². The molecule has 0 aliphatic carbocycles. The average Bonchev–Trinajstić information content (AvgIpc) is 3.15. The van der Waals surface area contributed by atoms with Crippen LogP contribution in [0.1, 0.15) is 24.3 Å². The second kappa shape index (κ2) is 6.41. The number of hydrogen-bond acceptors (Lipinski definition) is 3. The molecule has 1 unspecified atom stereocenters. The minimum Gasteiger partial charge on any atom is -0.456 e. The predicted molar refractivity (Wildman–Crippen MR) is 101 cm³/mol. The van der Waals surface area contributed by atoms with Crippen LogP contribution < -0.4 is 10.5 Å². The van der Waals surface area contributed by atoms with Gasteiger partial charge in [-0.15, -0.1) is 0 Å². The summed E-state index contributed by atoms with van der Waals surface area (Å²) in [5.41, 5.74) is 9.20. The summed E-state index contributed by atoms with van der Waals surface area (Å²) in [4.78, 5) is 3.62.